The Kier molecular flexibility index (Phi) is 3.66. The van der Waals surface area contributed by atoms with Crippen molar-refractivity contribution in [3.63, 3.8) is 0 Å². The van der Waals surface area contributed by atoms with Gasteiger partial charge in [-0.05, 0) is 18.6 Å². The number of urea groups is 1. The number of β-amino-alcohol motifs (C(OH)–C–C–N with tert-alkyl or cyclic N) is 1. The van der Waals surface area contributed by atoms with Gasteiger partial charge in [0, 0.05) is 13.1 Å². The zero-order valence-electron chi connectivity index (χ0n) is 9.94. The molecule has 0 aromatic heterocycles. The van der Waals surface area contributed by atoms with Gasteiger partial charge in [-0.15, -0.1) is 0 Å². The highest BCUT2D eigenvalue weighted by Crippen LogP contribution is 2.34. The predicted octanol–water partition coefficient (Wildman–Crippen LogP) is 2.30. The minimum absolute atomic E-state index is 0.139. The van der Waals surface area contributed by atoms with E-state index in [0.29, 0.717) is 13.0 Å². The Balaban J connectivity index is 2.13. The largest absolute Gasteiger partial charge is 0.418 e. The van der Waals surface area contributed by atoms with E-state index in [1.165, 1.54) is 23.1 Å². The number of aliphatic hydroxyl groups is 1. The van der Waals surface area contributed by atoms with Crippen molar-refractivity contribution in [1.82, 2.24) is 4.90 Å². The van der Waals surface area contributed by atoms with Crippen LogP contribution in [0.3, 0.4) is 0 Å². The fourth-order valence-electron chi connectivity index (χ4n) is 1.96. The number of para-hydroxylation sites is 1. The van der Waals surface area contributed by atoms with Crippen molar-refractivity contribution < 1.29 is 23.1 Å². The average Bonchev–Trinajstić information content (AvgIpc) is 2.75. The summed E-state index contributed by atoms with van der Waals surface area (Å²) in [4.78, 5) is 13.1. The van der Waals surface area contributed by atoms with E-state index in [-0.39, 0.29) is 12.2 Å². The first-order chi connectivity index (χ1) is 8.88. The number of alkyl halides is 3. The fourth-order valence-corrected chi connectivity index (χ4v) is 1.96. The van der Waals surface area contributed by atoms with E-state index >= 15 is 0 Å². The van der Waals surface area contributed by atoms with Gasteiger partial charge in [0.05, 0.1) is 17.4 Å². The molecule has 0 radical (unpaired) electrons. The van der Waals surface area contributed by atoms with Crippen molar-refractivity contribution in [1.29, 1.82) is 0 Å². The lowest BCUT2D eigenvalue weighted by Crippen LogP contribution is -2.34. The monoisotopic (exact) mass is 274 g/mol. The Morgan fingerprint density at radius 3 is 2.63 bits per heavy atom. The van der Waals surface area contributed by atoms with Gasteiger partial charge < -0.3 is 15.3 Å². The van der Waals surface area contributed by atoms with Gasteiger partial charge in [0.2, 0.25) is 0 Å². The summed E-state index contributed by atoms with van der Waals surface area (Å²) in [5.74, 6) is 0. The number of carbonyl (C=O) groups is 1. The zero-order chi connectivity index (χ0) is 14.0. The molecule has 1 aromatic carbocycles. The summed E-state index contributed by atoms with van der Waals surface area (Å²) in [5.41, 5.74) is -1.16. The number of likely N-dealkylation sites (tertiary alicyclic amines) is 1. The van der Waals surface area contributed by atoms with Crippen LogP contribution in [-0.2, 0) is 6.18 Å². The molecule has 104 valence electrons. The van der Waals surface area contributed by atoms with Crippen molar-refractivity contribution in [2.24, 2.45) is 0 Å². The van der Waals surface area contributed by atoms with E-state index in [1.54, 1.807) is 0 Å². The second-order valence-corrected chi connectivity index (χ2v) is 4.36. The van der Waals surface area contributed by atoms with Gasteiger partial charge in [-0.1, -0.05) is 12.1 Å². The number of hydrogen-bond donors (Lipinski definition) is 2. The summed E-state index contributed by atoms with van der Waals surface area (Å²) < 4.78 is 38.2. The van der Waals surface area contributed by atoms with E-state index in [9.17, 15) is 23.1 Å². The topological polar surface area (TPSA) is 52.6 Å². The number of benzene rings is 1. The van der Waals surface area contributed by atoms with E-state index in [1.807, 2.05) is 0 Å². The number of rotatable bonds is 1. The van der Waals surface area contributed by atoms with E-state index in [2.05, 4.69) is 5.32 Å². The Labute approximate surface area is 107 Å². The Hall–Kier alpha value is -1.76. The molecule has 4 nitrogen and oxygen atoms in total. The van der Waals surface area contributed by atoms with E-state index in [0.717, 1.165) is 6.07 Å². The lowest BCUT2D eigenvalue weighted by atomic mass is 10.1. The molecule has 0 saturated carbocycles. The molecular formula is C12H13F3N2O2. The van der Waals surface area contributed by atoms with Crippen molar-refractivity contribution in [3.8, 4) is 0 Å². The third-order valence-corrected chi connectivity index (χ3v) is 2.92. The third-order valence-electron chi connectivity index (χ3n) is 2.92. The molecule has 0 spiro atoms. The smallest absolute Gasteiger partial charge is 0.391 e. The van der Waals surface area contributed by atoms with Crippen LogP contribution in [0.5, 0.6) is 0 Å². The molecule has 0 unspecified atom stereocenters. The minimum Gasteiger partial charge on any atom is -0.391 e. The maximum Gasteiger partial charge on any atom is 0.418 e. The zero-order valence-corrected chi connectivity index (χ0v) is 9.94. The molecule has 1 aliphatic heterocycles. The molecule has 2 rings (SSSR count). The SMILES string of the molecule is O=C(Nc1ccccc1C(F)(F)F)N1CC[C@@H](O)C1. The van der Waals surface area contributed by atoms with Gasteiger partial charge >= 0.3 is 12.2 Å². The summed E-state index contributed by atoms with van der Waals surface area (Å²) in [6.45, 7) is 0.473. The molecule has 19 heavy (non-hydrogen) atoms. The Morgan fingerprint density at radius 2 is 2.05 bits per heavy atom. The number of hydrogen-bond acceptors (Lipinski definition) is 2. The highest BCUT2D eigenvalue weighted by atomic mass is 19.4. The number of aliphatic hydroxyl groups excluding tert-OH is 1. The maximum absolute atomic E-state index is 12.7. The van der Waals surface area contributed by atoms with Gasteiger partial charge in [-0.3, -0.25) is 0 Å². The molecular weight excluding hydrogens is 261 g/mol. The van der Waals surface area contributed by atoms with Crippen LogP contribution in [0.15, 0.2) is 24.3 Å². The molecule has 1 aliphatic rings. The number of halogens is 3. The quantitative estimate of drug-likeness (QED) is 0.825. The van der Waals surface area contributed by atoms with Crippen LogP contribution in [0.1, 0.15) is 12.0 Å². The summed E-state index contributed by atoms with van der Waals surface area (Å²) >= 11 is 0. The summed E-state index contributed by atoms with van der Waals surface area (Å²) in [6.07, 6.45) is -4.69. The molecule has 7 heteroatoms. The highest BCUT2D eigenvalue weighted by Gasteiger charge is 2.34. The van der Waals surface area contributed by atoms with Crippen molar-refractivity contribution >= 4 is 11.7 Å². The average molecular weight is 274 g/mol. The number of nitrogens with one attached hydrogen (secondary N) is 1. The van der Waals surface area contributed by atoms with Crippen LogP contribution < -0.4 is 5.32 Å². The molecule has 0 bridgehead atoms. The fraction of sp³-hybridized carbons (Fsp3) is 0.417. The first-order valence-corrected chi connectivity index (χ1v) is 5.78. The normalized spacial score (nSPS) is 19.6. The van der Waals surface area contributed by atoms with Gasteiger partial charge in [0.25, 0.3) is 0 Å². The third kappa shape index (κ3) is 3.17. The number of nitrogens with zero attached hydrogens (tertiary/aromatic N) is 1. The van der Waals surface area contributed by atoms with Crippen LogP contribution in [-0.4, -0.2) is 35.2 Å². The summed E-state index contributed by atoms with van der Waals surface area (Å²) in [6, 6.07) is 4.16. The molecule has 2 amide bonds. The summed E-state index contributed by atoms with van der Waals surface area (Å²) in [7, 11) is 0. The van der Waals surface area contributed by atoms with Crippen LogP contribution in [0.25, 0.3) is 0 Å². The van der Waals surface area contributed by atoms with Gasteiger partial charge in [-0.25, -0.2) is 4.79 Å². The molecule has 0 aliphatic carbocycles. The van der Waals surface area contributed by atoms with Gasteiger partial charge in [0.1, 0.15) is 0 Å². The molecule has 2 N–H and O–H groups in total. The van der Waals surface area contributed by atoms with Crippen molar-refractivity contribution in [2.75, 3.05) is 18.4 Å². The summed E-state index contributed by atoms with van der Waals surface area (Å²) in [5, 5.41) is 11.5. The maximum atomic E-state index is 12.7. The first kappa shape index (κ1) is 13.7. The predicted molar refractivity (Wildman–Crippen MR) is 62.7 cm³/mol. The van der Waals surface area contributed by atoms with Crippen LogP contribution in [0.2, 0.25) is 0 Å². The van der Waals surface area contributed by atoms with Gasteiger partial charge in [-0.2, -0.15) is 13.2 Å². The second-order valence-electron chi connectivity index (χ2n) is 4.36. The number of amides is 2. The standard InChI is InChI=1S/C12H13F3N2O2/c13-12(14,15)9-3-1-2-4-10(9)16-11(19)17-6-5-8(18)7-17/h1-4,8,18H,5-7H2,(H,16,19)/t8-/m1/s1. The van der Waals surface area contributed by atoms with Crippen LogP contribution in [0, 0.1) is 0 Å². The van der Waals surface area contributed by atoms with Crippen LogP contribution >= 0.6 is 0 Å². The molecule has 1 saturated heterocycles. The van der Waals surface area contributed by atoms with Crippen LogP contribution in [0.4, 0.5) is 23.7 Å². The Morgan fingerprint density at radius 1 is 1.37 bits per heavy atom. The first-order valence-electron chi connectivity index (χ1n) is 5.78. The van der Waals surface area contributed by atoms with Crippen molar-refractivity contribution in [2.45, 2.75) is 18.7 Å². The van der Waals surface area contributed by atoms with Gasteiger partial charge in [0.15, 0.2) is 0 Å². The number of carbonyl (C=O) groups excluding carboxylic acids is 1. The van der Waals surface area contributed by atoms with E-state index in [4.69, 9.17) is 0 Å². The number of anilines is 1. The lowest BCUT2D eigenvalue weighted by Gasteiger charge is -2.19. The molecule has 1 fully saturated rings. The Bertz CT molecular complexity index is 476. The minimum atomic E-state index is -4.52. The highest BCUT2D eigenvalue weighted by molar-refractivity contribution is 5.90. The van der Waals surface area contributed by atoms with Crippen molar-refractivity contribution in [3.05, 3.63) is 29.8 Å². The van der Waals surface area contributed by atoms with E-state index < -0.39 is 23.9 Å². The lowest BCUT2D eigenvalue weighted by molar-refractivity contribution is -0.136. The molecule has 1 atom stereocenters. The molecule has 1 aromatic rings. The second kappa shape index (κ2) is 5.08. The molecule has 1 heterocycles.